The third kappa shape index (κ3) is 5.58. The molecule has 6 nitrogen and oxygen atoms in total. The Morgan fingerprint density at radius 1 is 1.07 bits per heavy atom. The molecule has 1 heterocycles. The highest BCUT2D eigenvalue weighted by atomic mass is 16.6. The van der Waals surface area contributed by atoms with Gasteiger partial charge in [0.05, 0.1) is 19.8 Å². The van der Waals surface area contributed by atoms with Gasteiger partial charge < -0.3 is 24.3 Å². The Hall–Kier alpha value is -2.91. The third-order valence-corrected chi connectivity index (χ3v) is 5.04. The van der Waals surface area contributed by atoms with E-state index in [2.05, 4.69) is 37.4 Å². The molecule has 1 atom stereocenters. The number of benzene rings is 2. The Kier molecular flexibility index (Phi) is 7.81. The first-order valence-electron chi connectivity index (χ1n) is 10.4. The molecule has 30 heavy (non-hydrogen) atoms. The van der Waals surface area contributed by atoms with Crippen molar-refractivity contribution in [1.82, 2.24) is 5.32 Å². The van der Waals surface area contributed by atoms with Gasteiger partial charge in [-0.25, -0.2) is 0 Å². The quantitative estimate of drug-likeness (QED) is 0.576. The number of unbranched alkanes of at least 4 members (excludes halogenated alkanes) is 1. The van der Waals surface area contributed by atoms with Crippen LogP contribution in [0.1, 0.15) is 43.9 Å². The lowest BCUT2D eigenvalue weighted by molar-refractivity contribution is 0.171. The van der Waals surface area contributed by atoms with Gasteiger partial charge in [0.15, 0.2) is 23.0 Å². The molecule has 1 aliphatic rings. The highest BCUT2D eigenvalue weighted by Crippen LogP contribution is 2.35. The molecule has 0 amide bonds. The van der Waals surface area contributed by atoms with E-state index in [9.17, 15) is 0 Å². The number of nitrogens with zero attached hydrogens (tertiary/aromatic N) is 1. The minimum Gasteiger partial charge on any atom is -0.493 e. The highest BCUT2D eigenvalue weighted by molar-refractivity contribution is 5.45. The van der Waals surface area contributed by atoms with E-state index in [4.69, 9.17) is 24.2 Å². The number of methoxy groups -OCH3 is 1. The molecule has 3 rings (SSSR count). The number of ether oxygens (including phenoxy) is 4. The molecule has 0 bridgehead atoms. The van der Waals surface area contributed by atoms with Crippen LogP contribution in [0.2, 0.25) is 0 Å². The summed E-state index contributed by atoms with van der Waals surface area (Å²) in [5, 5.41) is 12.3. The van der Waals surface area contributed by atoms with Crippen LogP contribution < -0.4 is 24.3 Å². The lowest BCUT2D eigenvalue weighted by Gasteiger charge is -2.26. The van der Waals surface area contributed by atoms with Gasteiger partial charge in [-0.1, -0.05) is 26.0 Å². The van der Waals surface area contributed by atoms with Gasteiger partial charge in [0.25, 0.3) is 0 Å². The smallest absolute Gasteiger partial charge is 0.161 e. The van der Waals surface area contributed by atoms with E-state index >= 15 is 0 Å². The average Bonchev–Trinajstić information content (AvgIpc) is 2.76. The standard InChI is InChI=1S/C24H30N2O4/c1-17(2)24(19-7-9-21-23(15-19)30-13-12-29-21)26-16-18-6-8-20(27-3)22(14-18)28-11-5-4-10-25/h6-9,14-15,17,24,26H,4-5,11-13,16H2,1-3H3. The van der Waals surface area contributed by atoms with Crippen molar-refractivity contribution in [3.63, 3.8) is 0 Å². The summed E-state index contributed by atoms with van der Waals surface area (Å²) >= 11 is 0. The van der Waals surface area contributed by atoms with E-state index in [1.807, 2.05) is 24.3 Å². The molecule has 1 aliphatic heterocycles. The lowest BCUT2D eigenvalue weighted by atomic mass is 9.95. The van der Waals surface area contributed by atoms with Crippen molar-refractivity contribution < 1.29 is 18.9 Å². The maximum atomic E-state index is 8.68. The number of hydrogen-bond donors (Lipinski definition) is 1. The zero-order chi connectivity index (χ0) is 21.3. The van der Waals surface area contributed by atoms with Gasteiger partial charge in [-0.15, -0.1) is 0 Å². The summed E-state index contributed by atoms with van der Waals surface area (Å²) in [6, 6.07) is 14.4. The second kappa shape index (κ2) is 10.7. The summed E-state index contributed by atoms with van der Waals surface area (Å²) < 4.78 is 22.6. The molecule has 0 saturated carbocycles. The Balaban J connectivity index is 1.69. The number of nitrogens with one attached hydrogen (secondary N) is 1. The average molecular weight is 411 g/mol. The molecule has 0 radical (unpaired) electrons. The zero-order valence-corrected chi connectivity index (χ0v) is 17.9. The van der Waals surface area contributed by atoms with E-state index in [0.717, 1.165) is 17.1 Å². The second-order valence-corrected chi connectivity index (χ2v) is 7.60. The predicted molar refractivity (Wildman–Crippen MR) is 115 cm³/mol. The summed E-state index contributed by atoms with van der Waals surface area (Å²) in [4.78, 5) is 0. The van der Waals surface area contributed by atoms with Gasteiger partial charge in [0.1, 0.15) is 13.2 Å². The number of rotatable bonds is 10. The number of nitriles is 1. The fourth-order valence-corrected chi connectivity index (χ4v) is 3.50. The van der Waals surface area contributed by atoms with Crippen molar-refractivity contribution in [2.45, 2.75) is 39.3 Å². The highest BCUT2D eigenvalue weighted by Gasteiger charge is 2.19. The maximum Gasteiger partial charge on any atom is 0.161 e. The molecule has 0 saturated heterocycles. The first-order chi connectivity index (χ1) is 14.6. The lowest BCUT2D eigenvalue weighted by Crippen LogP contribution is -2.26. The Labute approximate surface area is 178 Å². The molecule has 160 valence electrons. The molecule has 1 unspecified atom stereocenters. The van der Waals surface area contributed by atoms with Gasteiger partial charge in [0, 0.05) is 19.0 Å². The monoisotopic (exact) mass is 410 g/mol. The molecule has 0 spiro atoms. The first kappa shape index (κ1) is 21.8. The molecular formula is C24H30N2O4. The second-order valence-electron chi connectivity index (χ2n) is 7.60. The van der Waals surface area contributed by atoms with Crippen molar-refractivity contribution in [3.05, 3.63) is 47.5 Å². The Bertz CT molecular complexity index is 876. The van der Waals surface area contributed by atoms with Crippen LogP contribution in [-0.4, -0.2) is 26.9 Å². The summed E-state index contributed by atoms with van der Waals surface area (Å²) in [6.45, 7) is 6.76. The van der Waals surface area contributed by atoms with E-state index in [0.29, 0.717) is 56.6 Å². The van der Waals surface area contributed by atoms with Crippen molar-refractivity contribution in [1.29, 1.82) is 5.26 Å². The Morgan fingerprint density at radius 3 is 2.60 bits per heavy atom. The van der Waals surface area contributed by atoms with Crippen molar-refractivity contribution in [2.75, 3.05) is 26.9 Å². The molecular weight excluding hydrogens is 380 g/mol. The fourth-order valence-electron chi connectivity index (χ4n) is 3.50. The first-order valence-corrected chi connectivity index (χ1v) is 10.4. The van der Waals surface area contributed by atoms with Gasteiger partial charge in [-0.2, -0.15) is 5.26 Å². The van der Waals surface area contributed by atoms with E-state index < -0.39 is 0 Å². The van der Waals surface area contributed by atoms with E-state index in [1.165, 1.54) is 5.56 Å². The fraction of sp³-hybridized carbons (Fsp3) is 0.458. The normalized spacial score (nSPS) is 13.6. The van der Waals surface area contributed by atoms with Crippen LogP contribution in [0.25, 0.3) is 0 Å². The van der Waals surface area contributed by atoms with Crippen LogP contribution in [0.15, 0.2) is 36.4 Å². The van der Waals surface area contributed by atoms with Gasteiger partial charge >= 0.3 is 0 Å². The van der Waals surface area contributed by atoms with E-state index in [-0.39, 0.29) is 6.04 Å². The molecule has 0 aliphatic carbocycles. The molecule has 1 N–H and O–H groups in total. The van der Waals surface area contributed by atoms with E-state index in [1.54, 1.807) is 7.11 Å². The molecule has 0 aromatic heterocycles. The summed E-state index contributed by atoms with van der Waals surface area (Å²) in [6.07, 6.45) is 1.18. The minimum absolute atomic E-state index is 0.169. The van der Waals surface area contributed by atoms with Crippen LogP contribution in [-0.2, 0) is 6.54 Å². The predicted octanol–water partition coefficient (Wildman–Crippen LogP) is 4.64. The summed E-state index contributed by atoms with van der Waals surface area (Å²) in [5.74, 6) is 3.41. The van der Waals surface area contributed by atoms with Crippen LogP contribution in [0, 0.1) is 17.2 Å². The van der Waals surface area contributed by atoms with Crippen molar-refractivity contribution >= 4 is 0 Å². The topological polar surface area (TPSA) is 72.7 Å². The third-order valence-electron chi connectivity index (χ3n) is 5.04. The zero-order valence-electron chi connectivity index (χ0n) is 17.9. The Morgan fingerprint density at radius 2 is 1.87 bits per heavy atom. The molecule has 6 heteroatoms. The molecule has 0 fully saturated rings. The number of hydrogen-bond acceptors (Lipinski definition) is 6. The largest absolute Gasteiger partial charge is 0.493 e. The number of fused-ring (bicyclic) bond motifs is 1. The van der Waals surface area contributed by atoms with Crippen LogP contribution >= 0.6 is 0 Å². The van der Waals surface area contributed by atoms with Crippen molar-refractivity contribution in [3.8, 4) is 29.1 Å². The van der Waals surface area contributed by atoms with Crippen molar-refractivity contribution in [2.24, 2.45) is 5.92 Å². The SMILES string of the molecule is COc1ccc(CNC(c2ccc3c(c2)OCCO3)C(C)C)cc1OCCCC#N. The summed E-state index contributed by atoms with van der Waals surface area (Å²) in [7, 11) is 1.63. The van der Waals surface area contributed by atoms with Crippen LogP contribution in [0.4, 0.5) is 0 Å². The molecule has 2 aromatic rings. The summed E-state index contributed by atoms with van der Waals surface area (Å²) in [5.41, 5.74) is 2.28. The van der Waals surface area contributed by atoms with Crippen LogP contribution in [0.5, 0.6) is 23.0 Å². The van der Waals surface area contributed by atoms with Gasteiger partial charge in [-0.3, -0.25) is 0 Å². The van der Waals surface area contributed by atoms with Crippen LogP contribution in [0.3, 0.4) is 0 Å². The molecule has 2 aromatic carbocycles. The maximum absolute atomic E-state index is 8.68. The van der Waals surface area contributed by atoms with Gasteiger partial charge in [-0.05, 0) is 47.7 Å². The minimum atomic E-state index is 0.169. The van der Waals surface area contributed by atoms with Gasteiger partial charge in [0.2, 0.25) is 0 Å².